The molecular weight excluding hydrogens is 376 g/mol. The van der Waals surface area contributed by atoms with E-state index in [0.717, 1.165) is 11.4 Å². The lowest BCUT2D eigenvalue weighted by Gasteiger charge is -2.16. The van der Waals surface area contributed by atoms with E-state index >= 15 is 0 Å². The van der Waals surface area contributed by atoms with E-state index in [2.05, 4.69) is 12.2 Å². The lowest BCUT2D eigenvalue weighted by molar-refractivity contribution is -0.122. The van der Waals surface area contributed by atoms with Crippen LogP contribution in [0.1, 0.15) is 17.5 Å². The minimum absolute atomic E-state index is 0.0292. The molecule has 1 atom stereocenters. The highest BCUT2D eigenvalue weighted by Gasteiger charge is 2.35. The Labute approximate surface area is 176 Å². The Morgan fingerprint density at radius 1 is 0.933 bits per heavy atom. The average Bonchev–Trinajstić information content (AvgIpc) is 3.15. The number of hydrogen-bond donors (Lipinski definition) is 1. The van der Waals surface area contributed by atoms with E-state index in [0.29, 0.717) is 18.0 Å². The van der Waals surface area contributed by atoms with Gasteiger partial charge in [-0.2, -0.15) is 0 Å². The number of amides is 2. The zero-order valence-electron chi connectivity index (χ0n) is 17.1. The maximum atomic E-state index is 12.7. The third-order valence-electron chi connectivity index (χ3n) is 5.40. The summed E-state index contributed by atoms with van der Waals surface area (Å²) >= 11 is 0. The van der Waals surface area contributed by atoms with Crippen molar-refractivity contribution in [3.8, 4) is 11.5 Å². The summed E-state index contributed by atoms with van der Waals surface area (Å²) in [5.41, 5.74) is 3.90. The van der Waals surface area contributed by atoms with Gasteiger partial charge in [0.25, 0.3) is 0 Å². The molecule has 0 bridgehead atoms. The number of para-hydroxylation sites is 1. The number of nitrogens with one attached hydrogen (secondary N) is 1. The summed E-state index contributed by atoms with van der Waals surface area (Å²) in [6, 6.07) is 22.7. The molecule has 1 heterocycles. The fourth-order valence-electron chi connectivity index (χ4n) is 3.50. The maximum Gasteiger partial charge on any atom is 0.229 e. The molecule has 0 unspecified atom stereocenters. The number of anilines is 2. The van der Waals surface area contributed by atoms with Crippen molar-refractivity contribution in [1.29, 1.82) is 0 Å². The molecule has 1 saturated heterocycles. The molecule has 1 N–H and O–H groups in total. The van der Waals surface area contributed by atoms with Crippen LogP contribution in [0.5, 0.6) is 11.5 Å². The molecule has 30 heavy (non-hydrogen) atoms. The zero-order valence-corrected chi connectivity index (χ0v) is 17.1. The van der Waals surface area contributed by atoms with Crippen molar-refractivity contribution in [2.45, 2.75) is 20.3 Å². The molecule has 152 valence electrons. The lowest BCUT2D eigenvalue weighted by atomic mass is 10.1. The number of hydrogen-bond acceptors (Lipinski definition) is 3. The zero-order chi connectivity index (χ0) is 21.1. The second kappa shape index (κ2) is 8.41. The number of carbonyl (C=O) groups is 2. The largest absolute Gasteiger partial charge is 0.457 e. The van der Waals surface area contributed by atoms with Crippen LogP contribution in [-0.2, 0) is 9.59 Å². The maximum absolute atomic E-state index is 12.7. The molecule has 1 fully saturated rings. The molecule has 2 amide bonds. The highest BCUT2D eigenvalue weighted by molar-refractivity contribution is 6.03. The van der Waals surface area contributed by atoms with Gasteiger partial charge in [-0.1, -0.05) is 24.3 Å². The van der Waals surface area contributed by atoms with Crippen molar-refractivity contribution in [2.24, 2.45) is 5.92 Å². The van der Waals surface area contributed by atoms with Crippen LogP contribution in [-0.4, -0.2) is 18.4 Å². The molecule has 5 heteroatoms. The predicted octanol–water partition coefficient (Wildman–Crippen LogP) is 5.09. The van der Waals surface area contributed by atoms with E-state index in [4.69, 9.17) is 4.74 Å². The first-order valence-corrected chi connectivity index (χ1v) is 10.0. The summed E-state index contributed by atoms with van der Waals surface area (Å²) in [4.78, 5) is 26.7. The Kier molecular flexibility index (Phi) is 5.53. The van der Waals surface area contributed by atoms with E-state index in [-0.39, 0.29) is 24.2 Å². The Balaban J connectivity index is 1.37. The third-order valence-corrected chi connectivity index (χ3v) is 5.40. The quantitative estimate of drug-likeness (QED) is 0.649. The van der Waals surface area contributed by atoms with Crippen LogP contribution in [0, 0.1) is 19.8 Å². The second-order valence-electron chi connectivity index (χ2n) is 7.60. The van der Waals surface area contributed by atoms with E-state index in [1.807, 2.05) is 67.6 Å². The summed E-state index contributed by atoms with van der Waals surface area (Å²) in [7, 11) is 0. The van der Waals surface area contributed by atoms with Crippen molar-refractivity contribution in [3.63, 3.8) is 0 Å². The molecule has 0 aliphatic carbocycles. The number of aryl methyl sites for hydroxylation is 2. The van der Waals surface area contributed by atoms with Crippen molar-refractivity contribution >= 4 is 23.2 Å². The first-order chi connectivity index (χ1) is 14.5. The standard InChI is InChI=1S/C25H24N2O3/c1-17-8-11-23(14-18(17)2)30-22-12-9-20(10-13-22)26-25(29)19-15-24(28)27(16-19)21-6-4-3-5-7-21/h3-14,19H,15-16H2,1-2H3,(H,26,29)/t19-/m0/s1. The fraction of sp³-hybridized carbons (Fsp3) is 0.200. The second-order valence-corrected chi connectivity index (χ2v) is 7.60. The Morgan fingerprint density at radius 2 is 1.63 bits per heavy atom. The Hall–Kier alpha value is -3.60. The molecule has 0 saturated carbocycles. The predicted molar refractivity (Wildman–Crippen MR) is 118 cm³/mol. The van der Waals surface area contributed by atoms with Crippen LogP contribution < -0.4 is 15.0 Å². The molecule has 5 nitrogen and oxygen atoms in total. The lowest BCUT2D eigenvalue weighted by Crippen LogP contribution is -2.28. The van der Waals surface area contributed by atoms with Crippen LogP contribution >= 0.6 is 0 Å². The smallest absolute Gasteiger partial charge is 0.229 e. The molecule has 1 aliphatic heterocycles. The van der Waals surface area contributed by atoms with Gasteiger partial charge in [-0.05, 0) is 73.5 Å². The van der Waals surface area contributed by atoms with Crippen LogP contribution in [0.4, 0.5) is 11.4 Å². The normalized spacial score (nSPS) is 15.9. The molecule has 1 aliphatic rings. The van der Waals surface area contributed by atoms with Gasteiger partial charge < -0.3 is 15.0 Å². The average molecular weight is 400 g/mol. The third kappa shape index (κ3) is 4.35. The van der Waals surface area contributed by atoms with Gasteiger partial charge in [-0.25, -0.2) is 0 Å². The van der Waals surface area contributed by atoms with Gasteiger partial charge in [0.1, 0.15) is 11.5 Å². The molecule has 3 aromatic rings. The topological polar surface area (TPSA) is 58.6 Å². The number of benzene rings is 3. The molecule has 3 aromatic carbocycles. The highest BCUT2D eigenvalue weighted by atomic mass is 16.5. The van der Waals surface area contributed by atoms with E-state index < -0.39 is 0 Å². The molecule has 0 aromatic heterocycles. The summed E-state index contributed by atoms with van der Waals surface area (Å²) in [6.45, 7) is 4.50. The number of nitrogens with zero attached hydrogens (tertiary/aromatic N) is 1. The molecule has 4 rings (SSSR count). The van der Waals surface area contributed by atoms with Gasteiger partial charge in [0.05, 0.1) is 5.92 Å². The Morgan fingerprint density at radius 3 is 2.33 bits per heavy atom. The summed E-state index contributed by atoms with van der Waals surface area (Å²) in [5, 5.41) is 2.91. The molecular formula is C25H24N2O3. The summed E-state index contributed by atoms with van der Waals surface area (Å²) in [6.07, 6.45) is 0.217. The van der Waals surface area contributed by atoms with Crippen LogP contribution in [0.3, 0.4) is 0 Å². The molecule has 0 radical (unpaired) electrons. The van der Waals surface area contributed by atoms with Crippen molar-refractivity contribution < 1.29 is 14.3 Å². The first kappa shape index (κ1) is 19.7. The fourth-order valence-corrected chi connectivity index (χ4v) is 3.50. The van der Waals surface area contributed by atoms with Gasteiger partial charge in [0, 0.05) is 24.3 Å². The van der Waals surface area contributed by atoms with E-state index in [1.165, 1.54) is 11.1 Å². The van der Waals surface area contributed by atoms with Crippen LogP contribution in [0.25, 0.3) is 0 Å². The SMILES string of the molecule is Cc1ccc(Oc2ccc(NC(=O)[C@H]3CC(=O)N(c4ccccc4)C3)cc2)cc1C. The van der Waals surface area contributed by atoms with E-state index in [1.54, 1.807) is 17.0 Å². The first-order valence-electron chi connectivity index (χ1n) is 10.0. The van der Waals surface area contributed by atoms with Gasteiger partial charge in [0.2, 0.25) is 11.8 Å². The van der Waals surface area contributed by atoms with Crippen molar-refractivity contribution in [2.75, 3.05) is 16.8 Å². The number of rotatable bonds is 5. The van der Waals surface area contributed by atoms with Gasteiger partial charge in [-0.3, -0.25) is 9.59 Å². The minimum atomic E-state index is -0.371. The number of carbonyl (C=O) groups excluding carboxylic acids is 2. The van der Waals surface area contributed by atoms with Crippen molar-refractivity contribution in [1.82, 2.24) is 0 Å². The minimum Gasteiger partial charge on any atom is -0.457 e. The van der Waals surface area contributed by atoms with Crippen LogP contribution in [0.2, 0.25) is 0 Å². The van der Waals surface area contributed by atoms with E-state index in [9.17, 15) is 9.59 Å². The highest BCUT2D eigenvalue weighted by Crippen LogP contribution is 2.27. The van der Waals surface area contributed by atoms with Gasteiger partial charge >= 0.3 is 0 Å². The monoisotopic (exact) mass is 400 g/mol. The van der Waals surface area contributed by atoms with Crippen molar-refractivity contribution in [3.05, 3.63) is 83.9 Å². The summed E-state index contributed by atoms with van der Waals surface area (Å²) in [5.74, 6) is 0.926. The molecule has 0 spiro atoms. The van der Waals surface area contributed by atoms with Crippen LogP contribution in [0.15, 0.2) is 72.8 Å². The summed E-state index contributed by atoms with van der Waals surface area (Å²) < 4.78 is 5.89. The van der Waals surface area contributed by atoms with Gasteiger partial charge in [-0.15, -0.1) is 0 Å². The van der Waals surface area contributed by atoms with Gasteiger partial charge in [0.15, 0.2) is 0 Å². The number of ether oxygens (including phenoxy) is 1. The Bertz CT molecular complexity index is 1060.